The number of thiazole rings is 1. The van der Waals surface area contributed by atoms with E-state index in [1.54, 1.807) is 13.0 Å². The van der Waals surface area contributed by atoms with Crippen LogP contribution in [0.3, 0.4) is 0 Å². The van der Waals surface area contributed by atoms with Gasteiger partial charge in [0.25, 0.3) is 5.91 Å². The molecule has 0 aliphatic heterocycles. The van der Waals surface area contributed by atoms with E-state index in [0.29, 0.717) is 22.1 Å². The van der Waals surface area contributed by atoms with Gasteiger partial charge in [0.05, 0.1) is 23.9 Å². The van der Waals surface area contributed by atoms with Gasteiger partial charge >= 0.3 is 0 Å². The van der Waals surface area contributed by atoms with Crippen LogP contribution in [0.25, 0.3) is 0 Å². The molecule has 6 nitrogen and oxygen atoms in total. The Kier molecular flexibility index (Phi) is 5.46. The van der Waals surface area contributed by atoms with Gasteiger partial charge < -0.3 is 9.73 Å². The molecule has 7 heteroatoms. The molecule has 3 rings (SSSR count). The SMILES string of the molecule is Cc1occc1C(=O)Nc1nc(CC(=O)NC2(C)CCC(C)CC2)cs1. The lowest BCUT2D eigenvalue weighted by Crippen LogP contribution is -2.48. The standard InChI is InChI=1S/C19H25N3O3S/c1-12-4-7-19(3,8-5-12)22-16(23)10-14-11-26-18(20-14)21-17(24)15-6-9-25-13(15)2/h6,9,11-12H,4-5,7-8,10H2,1-3H3,(H,22,23)(H,20,21,24). The second kappa shape index (κ2) is 7.61. The van der Waals surface area contributed by atoms with Gasteiger partial charge in [-0.1, -0.05) is 6.92 Å². The highest BCUT2D eigenvalue weighted by molar-refractivity contribution is 7.14. The van der Waals surface area contributed by atoms with Gasteiger partial charge in [0.15, 0.2) is 5.13 Å². The van der Waals surface area contributed by atoms with Crippen molar-refractivity contribution in [3.8, 4) is 0 Å². The van der Waals surface area contributed by atoms with Crippen molar-refractivity contribution in [2.24, 2.45) is 5.92 Å². The number of rotatable bonds is 5. The van der Waals surface area contributed by atoms with E-state index in [2.05, 4.69) is 29.5 Å². The molecule has 0 spiro atoms. The van der Waals surface area contributed by atoms with E-state index in [-0.39, 0.29) is 23.8 Å². The third-order valence-electron chi connectivity index (χ3n) is 5.04. The number of furan rings is 1. The van der Waals surface area contributed by atoms with Crippen LogP contribution in [-0.4, -0.2) is 22.3 Å². The van der Waals surface area contributed by atoms with Gasteiger partial charge in [-0.15, -0.1) is 11.3 Å². The lowest BCUT2D eigenvalue weighted by Gasteiger charge is -2.37. The number of carbonyl (C=O) groups is 2. The molecule has 2 N–H and O–H groups in total. The minimum absolute atomic E-state index is 0.0177. The Bertz CT molecular complexity index is 788. The Hall–Kier alpha value is -2.15. The summed E-state index contributed by atoms with van der Waals surface area (Å²) in [6, 6.07) is 1.62. The first-order valence-electron chi connectivity index (χ1n) is 8.95. The van der Waals surface area contributed by atoms with Crippen molar-refractivity contribution in [3.63, 3.8) is 0 Å². The number of aromatic nitrogens is 1. The molecule has 1 saturated carbocycles. The predicted octanol–water partition coefficient (Wildman–Crippen LogP) is 3.92. The lowest BCUT2D eigenvalue weighted by atomic mass is 9.78. The summed E-state index contributed by atoms with van der Waals surface area (Å²) in [5.41, 5.74) is 1.04. The fraction of sp³-hybridized carbons (Fsp3) is 0.526. The number of hydrogen-bond acceptors (Lipinski definition) is 5. The summed E-state index contributed by atoms with van der Waals surface area (Å²) in [6.45, 7) is 6.12. The number of aryl methyl sites for hydroxylation is 1. The summed E-state index contributed by atoms with van der Waals surface area (Å²) >= 11 is 1.31. The number of amides is 2. The lowest BCUT2D eigenvalue weighted by molar-refractivity contribution is -0.122. The van der Waals surface area contributed by atoms with Crippen LogP contribution >= 0.6 is 11.3 Å². The van der Waals surface area contributed by atoms with Gasteiger partial charge in [-0.05, 0) is 51.5 Å². The van der Waals surface area contributed by atoms with Crippen LogP contribution in [0.15, 0.2) is 22.1 Å². The third kappa shape index (κ3) is 4.52. The molecule has 1 aliphatic carbocycles. The van der Waals surface area contributed by atoms with E-state index >= 15 is 0 Å². The molecule has 2 heterocycles. The third-order valence-corrected chi connectivity index (χ3v) is 5.84. The number of nitrogens with zero attached hydrogens (tertiary/aromatic N) is 1. The summed E-state index contributed by atoms with van der Waals surface area (Å²) in [5, 5.41) is 8.21. The first-order valence-corrected chi connectivity index (χ1v) is 9.83. The first kappa shape index (κ1) is 18.6. The van der Waals surface area contributed by atoms with E-state index in [9.17, 15) is 9.59 Å². The van der Waals surface area contributed by atoms with E-state index in [1.807, 2.05) is 5.38 Å². The molecule has 0 unspecified atom stereocenters. The average Bonchev–Trinajstić information content (AvgIpc) is 3.19. The van der Waals surface area contributed by atoms with Crippen LogP contribution in [0.2, 0.25) is 0 Å². The summed E-state index contributed by atoms with van der Waals surface area (Å²) in [7, 11) is 0. The molecule has 2 aromatic heterocycles. The van der Waals surface area contributed by atoms with E-state index in [1.165, 1.54) is 17.6 Å². The maximum atomic E-state index is 12.4. The fourth-order valence-electron chi connectivity index (χ4n) is 3.30. The van der Waals surface area contributed by atoms with Gasteiger partial charge in [-0.25, -0.2) is 4.98 Å². The van der Waals surface area contributed by atoms with Crippen molar-refractivity contribution in [3.05, 3.63) is 34.7 Å². The molecule has 1 aliphatic rings. The summed E-state index contributed by atoms with van der Waals surface area (Å²) < 4.78 is 5.14. The molecule has 140 valence electrons. The van der Waals surface area contributed by atoms with Gasteiger partial charge in [-0.2, -0.15) is 0 Å². The highest BCUT2D eigenvalue weighted by atomic mass is 32.1. The molecule has 0 atom stereocenters. The Morgan fingerprint density at radius 3 is 2.77 bits per heavy atom. The fourth-order valence-corrected chi connectivity index (χ4v) is 4.01. The number of nitrogens with one attached hydrogen (secondary N) is 2. The maximum Gasteiger partial charge on any atom is 0.260 e. The van der Waals surface area contributed by atoms with Crippen LogP contribution in [0, 0.1) is 12.8 Å². The average molecular weight is 375 g/mol. The van der Waals surface area contributed by atoms with Crippen molar-refractivity contribution in [1.82, 2.24) is 10.3 Å². The zero-order valence-corrected chi connectivity index (χ0v) is 16.2. The first-order chi connectivity index (χ1) is 12.3. The van der Waals surface area contributed by atoms with Gasteiger partial charge in [-0.3, -0.25) is 14.9 Å². The largest absolute Gasteiger partial charge is 0.469 e. The Labute approximate surface area is 157 Å². The van der Waals surface area contributed by atoms with E-state index in [0.717, 1.165) is 31.6 Å². The Morgan fingerprint density at radius 1 is 1.38 bits per heavy atom. The minimum atomic E-state index is -0.259. The van der Waals surface area contributed by atoms with Crippen molar-refractivity contribution >= 4 is 28.3 Å². The molecule has 2 amide bonds. The second-order valence-electron chi connectivity index (χ2n) is 7.46. The van der Waals surface area contributed by atoms with Crippen LogP contribution < -0.4 is 10.6 Å². The summed E-state index contributed by atoms with van der Waals surface area (Å²) in [6.07, 6.45) is 6.04. The van der Waals surface area contributed by atoms with Gasteiger partial charge in [0, 0.05) is 10.9 Å². The highest BCUT2D eigenvalue weighted by Gasteiger charge is 2.31. The molecule has 1 fully saturated rings. The monoisotopic (exact) mass is 375 g/mol. The Morgan fingerprint density at radius 2 is 2.12 bits per heavy atom. The van der Waals surface area contributed by atoms with Crippen LogP contribution in [0.1, 0.15) is 61.3 Å². The summed E-state index contributed by atoms with van der Waals surface area (Å²) in [5.74, 6) is 1.03. The zero-order chi connectivity index (χ0) is 18.7. The smallest absolute Gasteiger partial charge is 0.260 e. The zero-order valence-electron chi connectivity index (χ0n) is 15.4. The normalized spacial score (nSPS) is 22.8. The molecular formula is C19H25N3O3S. The maximum absolute atomic E-state index is 12.4. The van der Waals surface area contributed by atoms with Crippen molar-refractivity contribution in [1.29, 1.82) is 0 Å². The molecule has 0 saturated heterocycles. The second-order valence-corrected chi connectivity index (χ2v) is 8.31. The van der Waals surface area contributed by atoms with Crippen molar-refractivity contribution in [2.45, 2.75) is 58.4 Å². The molecule has 0 bridgehead atoms. The molecular weight excluding hydrogens is 350 g/mol. The molecule has 2 aromatic rings. The molecule has 26 heavy (non-hydrogen) atoms. The van der Waals surface area contributed by atoms with Crippen LogP contribution in [0.4, 0.5) is 5.13 Å². The number of anilines is 1. The highest BCUT2D eigenvalue weighted by Crippen LogP contribution is 2.31. The molecule has 0 radical (unpaired) electrons. The van der Waals surface area contributed by atoms with Crippen LogP contribution in [-0.2, 0) is 11.2 Å². The van der Waals surface area contributed by atoms with E-state index in [4.69, 9.17) is 4.42 Å². The van der Waals surface area contributed by atoms with Gasteiger partial charge in [0.2, 0.25) is 5.91 Å². The summed E-state index contributed by atoms with van der Waals surface area (Å²) in [4.78, 5) is 28.9. The molecule has 0 aromatic carbocycles. The van der Waals surface area contributed by atoms with Crippen molar-refractivity contribution in [2.75, 3.05) is 5.32 Å². The quantitative estimate of drug-likeness (QED) is 0.829. The van der Waals surface area contributed by atoms with Crippen molar-refractivity contribution < 1.29 is 14.0 Å². The Balaban J connectivity index is 1.54. The topological polar surface area (TPSA) is 84.2 Å². The van der Waals surface area contributed by atoms with Gasteiger partial charge in [0.1, 0.15) is 5.76 Å². The predicted molar refractivity (Wildman–Crippen MR) is 101 cm³/mol. The van der Waals surface area contributed by atoms with Crippen LogP contribution in [0.5, 0.6) is 0 Å². The number of hydrogen-bond donors (Lipinski definition) is 2. The number of carbonyl (C=O) groups excluding carboxylic acids is 2. The van der Waals surface area contributed by atoms with E-state index < -0.39 is 0 Å². The minimum Gasteiger partial charge on any atom is -0.469 e.